The zero-order chi connectivity index (χ0) is 21.8. The van der Waals surface area contributed by atoms with Crippen molar-refractivity contribution in [3.8, 4) is 11.1 Å². The van der Waals surface area contributed by atoms with Crippen molar-refractivity contribution < 1.29 is 9.59 Å². The molecule has 0 unspecified atom stereocenters. The van der Waals surface area contributed by atoms with E-state index in [1.807, 2.05) is 38.2 Å². The molecule has 7 heteroatoms. The number of aromatic amines is 1. The molecule has 2 amide bonds. The number of piperidine rings is 1. The van der Waals surface area contributed by atoms with Crippen LogP contribution in [0.2, 0.25) is 0 Å². The summed E-state index contributed by atoms with van der Waals surface area (Å²) in [5, 5.41) is 7.07. The smallest absolute Gasteiger partial charge is 0.253 e. The number of fused-ring (bicyclic) bond motifs is 2. The Balaban J connectivity index is 1.46. The van der Waals surface area contributed by atoms with Gasteiger partial charge in [0.1, 0.15) is 5.65 Å². The maximum atomic E-state index is 12.9. The second-order valence-corrected chi connectivity index (χ2v) is 9.21. The van der Waals surface area contributed by atoms with Crippen molar-refractivity contribution >= 4 is 22.8 Å². The number of hydrogen-bond acceptors (Lipinski definition) is 4. The summed E-state index contributed by atoms with van der Waals surface area (Å²) < 4.78 is 0. The molecule has 0 aliphatic carbocycles. The molecule has 2 aliphatic heterocycles. The van der Waals surface area contributed by atoms with Gasteiger partial charge in [-0.25, -0.2) is 4.98 Å². The predicted molar refractivity (Wildman–Crippen MR) is 120 cm³/mol. The molecule has 0 saturated carbocycles. The average Bonchev–Trinajstić information content (AvgIpc) is 3.27. The molecule has 1 fully saturated rings. The number of hydrogen-bond donors (Lipinski definition) is 3. The highest BCUT2D eigenvalue weighted by Crippen LogP contribution is 2.36. The lowest BCUT2D eigenvalue weighted by Gasteiger charge is -2.29. The van der Waals surface area contributed by atoms with Crippen molar-refractivity contribution in [3.05, 3.63) is 53.3 Å². The van der Waals surface area contributed by atoms with Gasteiger partial charge in [-0.2, -0.15) is 0 Å². The number of benzene rings is 1. The molecule has 31 heavy (non-hydrogen) atoms. The summed E-state index contributed by atoms with van der Waals surface area (Å²) in [6.45, 7) is 6.00. The molecule has 1 aromatic carbocycles. The minimum absolute atomic E-state index is 0.0417. The fourth-order valence-corrected chi connectivity index (χ4v) is 4.63. The van der Waals surface area contributed by atoms with Gasteiger partial charge < -0.3 is 20.5 Å². The Morgan fingerprint density at radius 3 is 2.74 bits per heavy atom. The minimum atomic E-state index is -0.411. The lowest BCUT2D eigenvalue weighted by Crippen LogP contribution is -2.43. The van der Waals surface area contributed by atoms with Gasteiger partial charge >= 0.3 is 0 Å². The summed E-state index contributed by atoms with van der Waals surface area (Å²) in [4.78, 5) is 35.0. The second kappa shape index (κ2) is 7.20. The van der Waals surface area contributed by atoms with Crippen molar-refractivity contribution in [1.82, 2.24) is 25.5 Å². The summed E-state index contributed by atoms with van der Waals surface area (Å²) in [5.41, 5.74) is 4.54. The van der Waals surface area contributed by atoms with E-state index in [0.717, 1.165) is 53.7 Å². The fraction of sp³-hybridized carbons (Fsp3) is 0.375. The molecule has 2 aliphatic rings. The highest BCUT2D eigenvalue weighted by atomic mass is 16.2. The van der Waals surface area contributed by atoms with Crippen LogP contribution in [0, 0.1) is 0 Å². The van der Waals surface area contributed by atoms with Crippen LogP contribution in [0.1, 0.15) is 53.0 Å². The Kier molecular flexibility index (Phi) is 4.59. The van der Waals surface area contributed by atoms with Crippen LogP contribution >= 0.6 is 0 Å². The van der Waals surface area contributed by atoms with Crippen LogP contribution in [-0.2, 0) is 5.54 Å². The molecule has 1 saturated heterocycles. The first kappa shape index (κ1) is 19.8. The van der Waals surface area contributed by atoms with Crippen molar-refractivity contribution in [2.45, 2.75) is 38.3 Å². The van der Waals surface area contributed by atoms with E-state index in [9.17, 15) is 9.59 Å². The van der Waals surface area contributed by atoms with Crippen molar-refractivity contribution in [3.63, 3.8) is 0 Å². The first-order valence-electron chi connectivity index (χ1n) is 10.8. The third-order valence-corrected chi connectivity index (χ3v) is 6.52. The van der Waals surface area contributed by atoms with Gasteiger partial charge in [0.25, 0.3) is 11.8 Å². The van der Waals surface area contributed by atoms with Crippen LogP contribution in [0.5, 0.6) is 0 Å². The second-order valence-electron chi connectivity index (χ2n) is 9.21. The lowest BCUT2D eigenvalue weighted by atomic mass is 9.91. The van der Waals surface area contributed by atoms with E-state index in [-0.39, 0.29) is 17.9 Å². The Hall–Kier alpha value is -3.19. The lowest BCUT2D eigenvalue weighted by molar-refractivity contribution is 0.0914. The third-order valence-electron chi connectivity index (χ3n) is 6.52. The first-order chi connectivity index (χ1) is 14.8. The topological polar surface area (TPSA) is 90.1 Å². The summed E-state index contributed by atoms with van der Waals surface area (Å²) in [6, 6.07) is 7.99. The highest BCUT2D eigenvalue weighted by Gasteiger charge is 2.35. The van der Waals surface area contributed by atoms with Gasteiger partial charge in [-0.1, -0.05) is 6.07 Å². The molecule has 160 valence electrons. The third kappa shape index (κ3) is 3.49. The van der Waals surface area contributed by atoms with Gasteiger partial charge in [0.15, 0.2) is 0 Å². The number of pyridine rings is 1. The normalized spacial score (nSPS) is 18.7. The molecule has 4 heterocycles. The van der Waals surface area contributed by atoms with Crippen LogP contribution < -0.4 is 10.6 Å². The van der Waals surface area contributed by atoms with E-state index in [0.29, 0.717) is 11.1 Å². The number of aromatic nitrogens is 2. The molecule has 0 bridgehead atoms. The molecule has 2 aromatic heterocycles. The number of likely N-dealkylation sites (tertiary alicyclic amines) is 1. The van der Waals surface area contributed by atoms with Crippen LogP contribution in [-0.4, -0.2) is 52.9 Å². The molecule has 3 aromatic rings. The molecular weight excluding hydrogens is 390 g/mol. The summed E-state index contributed by atoms with van der Waals surface area (Å²) in [5.74, 6) is -0.124. The first-order valence-corrected chi connectivity index (χ1v) is 10.8. The Morgan fingerprint density at radius 1 is 1.19 bits per heavy atom. The summed E-state index contributed by atoms with van der Waals surface area (Å²) >= 11 is 0. The summed E-state index contributed by atoms with van der Waals surface area (Å²) in [7, 11) is 2.11. The van der Waals surface area contributed by atoms with Gasteiger partial charge in [0.2, 0.25) is 0 Å². The van der Waals surface area contributed by atoms with E-state index in [1.165, 1.54) is 0 Å². The quantitative estimate of drug-likeness (QED) is 0.611. The van der Waals surface area contributed by atoms with E-state index < -0.39 is 5.54 Å². The maximum Gasteiger partial charge on any atom is 0.253 e. The summed E-state index contributed by atoms with van der Waals surface area (Å²) in [6.07, 6.45) is 5.46. The van der Waals surface area contributed by atoms with Gasteiger partial charge in [-0.15, -0.1) is 0 Å². The average molecular weight is 418 g/mol. The molecule has 3 N–H and O–H groups in total. The monoisotopic (exact) mass is 417 g/mol. The molecule has 0 atom stereocenters. The fourth-order valence-electron chi connectivity index (χ4n) is 4.63. The largest absolute Gasteiger partial charge is 0.349 e. The van der Waals surface area contributed by atoms with Gasteiger partial charge in [-0.05, 0) is 76.2 Å². The molecule has 5 rings (SSSR count). The van der Waals surface area contributed by atoms with Gasteiger partial charge in [0, 0.05) is 34.9 Å². The number of nitrogens with one attached hydrogen (secondary N) is 3. The standard InChI is InChI=1S/C24H27N5O2/c1-24(2)20-11-14(4-5-17(20)23(31)28-24)19-13-26-21-18(19)10-15(12-25-21)22(30)27-16-6-8-29(3)9-7-16/h4-5,10-13,16H,6-9H2,1-3H3,(H,25,26)(H,27,30)(H,28,31). The van der Waals surface area contributed by atoms with E-state index in [4.69, 9.17) is 0 Å². The number of carbonyl (C=O) groups is 2. The molecule has 0 radical (unpaired) electrons. The molecule has 7 nitrogen and oxygen atoms in total. The SMILES string of the molecule is CN1CCC(NC(=O)c2cnc3[nH]cc(-c4ccc5c(c4)C(C)(C)NC5=O)c3c2)CC1. The van der Waals surface area contributed by atoms with Crippen molar-refractivity contribution in [1.29, 1.82) is 0 Å². The van der Waals surface area contributed by atoms with Gasteiger partial charge in [-0.3, -0.25) is 9.59 Å². The number of nitrogens with zero attached hydrogens (tertiary/aromatic N) is 2. The van der Waals surface area contributed by atoms with Crippen molar-refractivity contribution in [2.24, 2.45) is 0 Å². The molecular formula is C24H27N5O2. The number of rotatable bonds is 3. The van der Waals surface area contributed by atoms with Crippen LogP contribution in [0.25, 0.3) is 22.2 Å². The zero-order valence-corrected chi connectivity index (χ0v) is 18.1. The van der Waals surface area contributed by atoms with E-state index >= 15 is 0 Å². The van der Waals surface area contributed by atoms with Crippen molar-refractivity contribution in [2.75, 3.05) is 20.1 Å². The Labute approximate surface area is 181 Å². The predicted octanol–water partition coefficient (Wildman–Crippen LogP) is 3.03. The minimum Gasteiger partial charge on any atom is -0.349 e. The number of H-pyrrole nitrogens is 1. The highest BCUT2D eigenvalue weighted by molar-refractivity contribution is 6.03. The Bertz CT molecular complexity index is 1190. The number of amides is 2. The Morgan fingerprint density at radius 2 is 1.97 bits per heavy atom. The van der Waals surface area contributed by atoms with Crippen LogP contribution in [0.3, 0.4) is 0 Å². The van der Waals surface area contributed by atoms with Crippen LogP contribution in [0.4, 0.5) is 0 Å². The van der Waals surface area contributed by atoms with E-state index in [1.54, 1.807) is 6.20 Å². The zero-order valence-electron chi connectivity index (χ0n) is 18.1. The molecule has 0 spiro atoms. The van der Waals surface area contributed by atoms with Crippen LogP contribution in [0.15, 0.2) is 36.7 Å². The van der Waals surface area contributed by atoms with Gasteiger partial charge in [0.05, 0.1) is 11.1 Å². The van der Waals surface area contributed by atoms with E-state index in [2.05, 4.69) is 38.6 Å². The number of carbonyl (C=O) groups excluding carboxylic acids is 2. The maximum absolute atomic E-state index is 12.9.